The summed E-state index contributed by atoms with van der Waals surface area (Å²) >= 11 is 8.92. The fourth-order valence-electron chi connectivity index (χ4n) is 1.63. The molecule has 0 fully saturated rings. The number of hydrogen-bond donors (Lipinski definition) is 1. The van der Waals surface area contributed by atoms with Gasteiger partial charge in [0.25, 0.3) is 0 Å². The van der Waals surface area contributed by atoms with Gasteiger partial charge in [-0.1, -0.05) is 30.3 Å². The van der Waals surface area contributed by atoms with Gasteiger partial charge < -0.3 is 4.74 Å². The molecule has 0 radical (unpaired) electrons. The number of carbonyl (C=O) groups excluding carboxylic acids is 1. The van der Waals surface area contributed by atoms with Crippen LogP contribution < -0.4 is 5.32 Å². The molecule has 4 nitrogen and oxygen atoms in total. The molecule has 0 atom stereocenters. The smallest absolute Gasteiger partial charge is 0.411 e. The van der Waals surface area contributed by atoms with Gasteiger partial charge in [0.2, 0.25) is 0 Å². The summed E-state index contributed by atoms with van der Waals surface area (Å²) in [7, 11) is 0. The largest absolute Gasteiger partial charge is 0.450 e. The van der Waals surface area contributed by atoms with Gasteiger partial charge in [-0.05, 0) is 19.4 Å². The number of rotatable bonds is 5. The maximum absolute atomic E-state index is 14.1. The highest BCUT2D eigenvalue weighted by Gasteiger charge is 2.18. The minimum atomic E-state index is -0.698. The monoisotopic (exact) mass is 348 g/mol. The Bertz CT molecular complexity index is 663. The zero-order chi connectivity index (χ0) is 15.4. The first-order valence-electron chi connectivity index (χ1n) is 6.41. The Morgan fingerprint density at radius 2 is 2.33 bits per heavy atom. The molecule has 1 heterocycles. The van der Waals surface area contributed by atoms with Crippen LogP contribution in [0.2, 0.25) is 5.02 Å². The number of thioether (sulfide) groups is 1. The van der Waals surface area contributed by atoms with Crippen LogP contribution in [0.15, 0.2) is 10.4 Å². The van der Waals surface area contributed by atoms with Gasteiger partial charge in [0.1, 0.15) is 11.3 Å². The average Bonchev–Trinajstić information content (AvgIpc) is 2.86. The number of aromatic nitrogens is 1. The Balaban J connectivity index is 2.43. The number of nitrogens with zero attached hydrogens (tertiary/aromatic N) is 1. The number of nitrogens with one attached hydrogen (secondary N) is 1. The number of halogens is 2. The molecule has 1 N–H and O–H groups in total. The van der Waals surface area contributed by atoms with Crippen molar-refractivity contribution in [2.24, 2.45) is 0 Å². The second-order valence-corrected chi connectivity index (χ2v) is 6.81. The molecule has 1 aromatic heterocycles. The predicted octanol–water partition coefficient (Wildman–Crippen LogP) is 5.16. The van der Waals surface area contributed by atoms with Crippen LogP contribution in [-0.2, 0) is 4.74 Å². The van der Waals surface area contributed by atoms with Gasteiger partial charge in [0, 0.05) is 5.75 Å². The topological polar surface area (TPSA) is 51.2 Å². The van der Waals surface area contributed by atoms with Gasteiger partial charge in [-0.3, -0.25) is 5.32 Å². The van der Waals surface area contributed by atoms with Crippen molar-refractivity contribution in [1.29, 1.82) is 0 Å². The normalized spacial score (nSPS) is 10.9. The molecule has 0 unspecified atom stereocenters. The van der Waals surface area contributed by atoms with Crippen LogP contribution in [0.5, 0.6) is 0 Å². The molecule has 1 aromatic carbocycles. The molecule has 0 saturated carbocycles. The predicted molar refractivity (Wildman–Crippen MR) is 86.2 cm³/mol. The van der Waals surface area contributed by atoms with Crippen LogP contribution in [0.3, 0.4) is 0 Å². The Morgan fingerprint density at radius 1 is 1.57 bits per heavy atom. The van der Waals surface area contributed by atoms with E-state index < -0.39 is 11.9 Å². The number of hydrogen-bond acceptors (Lipinski definition) is 5. The van der Waals surface area contributed by atoms with E-state index in [0.29, 0.717) is 10.2 Å². The van der Waals surface area contributed by atoms with Gasteiger partial charge in [-0.25, -0.2) is 14.2 Å². The van der Waals surface area contributed by atoms with Crippen molar-refractivity contribution in [1.82, 2.24) is 4.98 Å². The summed E-state index contributed by atoms with van der Waals surface area (Å²) in [6.07, 6.45) is 0.313. The number of amides is 1. The van der Waals surface area contributed by atoms with Gasteiger partial charge >= 0.3 is 6.09 Å². The summed E-state index contributed by atoms with van der Waals surface area (Å²) in [5.74, 6) is 0.317. The zero-order valence-corrected chi connectivity index (χ0v) is 13.9. The maximum Gasteiger partial charge on any atom is 0.411 e. The molecule has 2 rings (SSSR count). The Hall–Kier alpha value is -1.05. The Morgan fingerprint density at radius 3 is 3.00 bits per heavy atom. The summed E-state index contributed by atoms with van der Waals surface area (Å²) in [5.41, 5.74) is 0.558. The molecular formula is C13H14ClFN2O2S2. The van der Waals surface area contributed by atoms with Crippen LogP contribution in [0.25, 0.3) is 10.2 Å². The van der Waals surface area contributed by atoms with Crippen LogP contribution in [0, 0.1) is 5.82 Å². The highest BCUT2D eigenvalue weighted by Crippen LogP contribution is 2.39. The number of carbonyl (C=O) groups is 1. The summed E-state index contributed by atoms with van der Waals surface area (Å²) in [6.45, 7) is 3.96. The second-order valence-electron chi connectivity index (χ2n) is 4.07. The SMILES string of the molecule is CCCSc1nc2c(Cl)cc(F)c(NC(=O)OCC)c2s1. The highest BCUT2D eigenvalue weighted by atomic mass is 35.5. The molecule has 8 heteroatoms. The second kappa shape index (κ2) is 7.29. The van der Waals surface area contributed by atoms with E-state index in [1.165, 1.54) is 11.3 Å². The maximum atomic E-state index is 14.1. The molecule has 21 heavy (non-hydrogen) atoms. The van der Waals surface area contributed by atoms with E-state index in [2.05, 4.69) is 17.2 Å². The number of fused-ring (bicyclic) bond motifs is 1. The van der Waals surface area contributed by atoms with Crippen molar-refractivity contribution < 1.29 is 13.9 Å². The van der Waals surface area contributed by atoms with Crippen molar-refractivity contribution >= 4 is 56.7 Å². The Kier molecular flexibility index (Phi) is 5.66. The molecule has 0 saturated heterocycles. The molecule has 0 bridgehead atoms. The third-order valence-corrected chi connectivity index (χ3v) is 5.20. The number of thiazole rings is 1. The molecule has 0 aliphatic heterocycles. The average molecular weight is 349 g/mol. The molecular weight excluding hydrogens is 335 g/mol. The van der Waals surface area contributed by atoms with Gasteiger partial charge in [0.15, 0.2) is 4.34 Å². The van der Waals surface area contributed by atoms with Crippen molar-refractivity contribution in [2.45, 2.75) is 24.6 Å². The lowest BCUT2D eigenvalue weighted by Gasteiger charge is -2.07. The summed E-state index contributed by atoms with van der Waals surface area (Å²) in [5, 5.41) is 2.65. The first kappa shape index (κ1) is 16.3. The van der Waals surface area contributed by atoms with E-state index in [9.17, 15) is 9.18 Å². The van der Waals surface area contributed by atoms with Crippen molar-refractivity contribution in [3.63, 3.8) is 0 Å². The molecule has 0 aliphatic rings. The quantitative estimate of drug-likeness (QED) is 0.758. The van der Waals surface area contributed by atoms with Crippen molar-refractivity contribution in [3.05, 3.63) is 16.9 Å². The summed E-state index contributed by atoms with van der Waals surface area (Å²) in [4.78, 5) is 15.9. The summed E-state index contributed by atoms with van der Waals surface area (Å²) < 4.78 is 20.2. The molecule has 2 aromatic rings. The third kappa shape index (κ3) is 3.78. The minimum Gasteiger partial charge on any atom is -0.450 e. The summed E-state index contributed by atoms with van der Waals surface area (Å²) in [6, 6.07) is 1.15. The van der Waals surface area contributed by atoms with Gasteiger partial charge in [-0.2, -0.15) is 0 Å². The highest BCUT2D eigenvalue weighted by molar-refractivity contribution is 8.01. The van der Waals surface area contributed by atoms with E-state index in [1.807, 2.05) is 0 Å². The number of anilines is 1. The van der Waals surface area contributed by atoms with Crippen LogP contribution >= 0.6 is 34.7 Å². The third-order valence-electron chi connectivity index (χ3n) is 2.49. The van der Waals surface area contributed by atoms with E-state index >= 15 is 0 Å². The van der Waals surface area contributed by atoms with Crippen molar-refractivity contribution in [3.8, 4) is 0 Å². The van der Waals surface area contributed by atoms with E-state index in [-0.39, 0.29) is 17.3 Å². The van der Waals surface area contributed by atoms with E-state index in [1.54, 1.807) is 18.7 Å². The van der Waals surface area contributed by atoms with E-state index in [0.717, 1.165) is 22.6 Å². The van der Waals surface area contributed by atoms with Crippen molar-refractivity contribution in [2.75, 3.05) is 17.7 Å². The fourth-order valence-corrected chi connectivity index (χ4v) is 4.00. The first-order chi connectivity index (χ1) is 10.1. The van der Waals surface area contributed by atoms with Crippen LogP contribution in [-0.4, -0.2) is 23.4 Å². The minimum absolute atomic E-state index is 0.0636. The lowest BCUT2D eigenvalue weighted by molar-refractivity contribution is 0.168. The fraction of sp³-hybridized carbons (Fsp3) is 0.385. The van der Waals surface area contributed by atoms with Gasteiger partial charge in [-0.15, -0.1) is 11.3 Å². The standard InChI is InChI=1S/C13H14ClFN2O2S2/c1-3-5-20-13-17-9-7(14)6-8(15)10(11(9)21-13)16-12(18)19-4-2/h6H,3-5H2,1-2H3,(H,16,18). The Labute approximate surface area is 135 Å². The molecule has 0 spiro atoms. The molecule has 1 amide bonds. The van der Waals surface area contributed by atoms with Crippen LogP contribution in [0.4, 0.5) is 14.9 Å². The molecule has 114 valence electrons. The first-order valence-corrected chi connectivity index (χ1v) is 8.59. The van der Waals surface area contributed by atoms with Crippen LogP contribution in [0.1, 0.15) is 20.3 Å². The molecule has 0 aliphatic carbocycles. The van der Waals surface area contributed by atoms with E-state index in [4.69, 9.17) is 16.3 Å². The zero-order valence-electron chi connectivity index (χ0n) is 11.5. The lowest BCUT2D eigenvalue weighted by atomic mass is 10.3. The van der Waals surface area contributed by atoms with Gasteiger partial charge in [0.05, 0.1) is 22.0 Å². The number of benzene rings is 1. The number of ether oxygens (including phenoxy) is 1. The lowest BCUT2D eigenvalue weighted by Crippen LogP contribution is -2.14.